The van der Waals surface area contributed by atoms with Crippen LogP contribution in [-0.2, 0) is 16.1 Å². The van der Waals surface area contributed by atoms with Crippen molar-refractivity contribution in [1.82, 2.24) is 0 Å². The molecule has 0 radical (unpaired) electrons. The van der Waals surface area contributed by atoms with Gasteiger partial charge in [0, 0.05) is 16.8 Å². The van der Waals surface area contributed by atoms with E-state index in [1.54, 1.807) is 56.5 Å². The SMILES string of the molecule is CCOC(=O)c1ccc(NC(=O)C=Cc2ccc(OCc3ccc(Cl)cc3)c(OC)c2)cc1. The number of hydrogen-bond donors (Lipinski definition) is 1. The van der Waals surface area contributed by atoms with Gasteiger partial charge in [-0.2, -0.15) is 0 Å². The van der Waals surface area contributed by atoms with Crippen molar-refractivity contribution in [2.24, 2.45) is 0 Å². The molecular formula is C26H24ClNO5. The van der Waals surface area contributed by atoms with Gasteiger partial charge in [0.2, 0.25) is 5.91 Å². The number of methoxy groups -OCH3 is 1. The highest BCUT2D eigenvalue weighted by atomic mass is 35.5. The predicted octanol–water partition coefficient (Wildman–Crippen LogP) is 5.76. The van der Waals surface area contributed by atoms with Crippen LogP contribution in [0.15, 0.2) is 72.8 Å². The molecule has 0 fully saturated rings. The third-order valence-corrected chi connectivity index (χ3v) is 4.84. The fourth-order valence-corrected chi connectivity index (χ4v) is 3.03. The van der Waals surface area contributed by atoms with Crippen LogP contribution < -0.4 is 14.8 Å². The van der Waals surface area contributed by atoms with Gasteiger partial charge in [-0.25, -0.2) is 4.79 Å². The lowest BCUT2D eigenvalue weighted by Crippen LogP contribution is -2.08. The van der Waals surface area contributed by atoms with Crippen molar-refractivity contribution in [1.29, 1.82) is 0 Å². The number of halogens is 1. The predicted molar refractivity (Wildman–Crippen MR) is 129 cm³/mol. The highest BCUT2D eigenvalue weighted by Crippen LogP contribution is 2.29. The molecule has 0 aliphatic carbocycles. The van der Waals surface area contributed by atoms with Gasteiger partial charge in [0.05, 0.1) is 19.3 Å². The van der Waals surface area contributed by atoms with Crippen LogP contribution in [0.1, 0.15) is 28.4 Å². The molecule has 33 heavy (non-hydrogen) atoms. The van der Waals surface area contributed by atoms with E-state index in [0.717, 1.165) is 11.1 Å². The van der Waals surface area contributed by atoms with Crippen molar-refractivity contribution in [2.45, 2.75) is 13.5 Å². The fraction of sp³-hybridized carbons (Fsp3) is 0.154. The van der Waals surface area contributed by atoms with Gasteiger partial charge < -0.3 is 19.5 Å². The number of nitrogens with one attached hydrogen (secondary N) is 1. The largest absolute Gasteiger partial charge is 0.493 e. The van der Waals surface area contributed by atoms with E-state index in [1.807, 2.05) is 30.3 Å². The highest BCUT2D eigenvalue weighted by molar-refractivity contribution is 6.30. The van der Waals surface area contributed by atoms with E-state index in [0.29, 0.717) is 41.0 Å². The molecule has 0 spiro atoms. The summed E-state index contributed by atoms with van der Waals surface area (Å²) in [5.41, 5.74) is 2.76. The van der Waals surface area contributed by atoms with Gasteiger partial charge in [-0.1, -0.05) is 29.8 Å². The zero-order valence-corrected chi connectivity index (χ0v) is 19.1. The summed E-state index contributed by atoms with van der Waals surface area (Å²) in [7, 11) is 1.56. The first-order valence-corrected chi connectivity index (χ1v) is 10.7. The van der Waals surface area contributed by atoms with Gasteiger partial charge in [-0.3, -0.25) is 4.79 Å². The topological polar surface area (TPSA) is 73.9 Å². The molecule has 0 saturated carbocycles. The molecule has 0 atom stereocenters. The third kappa shape index (κ3) is 7.12. The highest BCUT2D eigenvalue weighted by Gasteiger charge is 2.08. The molecule has 7 heteroatoms. The summed E-state index contributed by atoms with van der Waals surface area (Å²) in [6.45, 7) is 2.43. The van der Waals surface area contributed by atoms with Gasteiger partial charge in [-0.15, -0.1) is 0 Å². The van der Waals surface area contributed by atoms with Crippen molar-refractivity contribution < 1.29 is 23.8 Å². The zero-order valence-electron chi connectivity index (χ0n) is 18.3. The van der Waals surface area contributed by atoms with Crippen LogP contribution in [0.25, 0.3) is 6.08 Å². The van der Waals surface area contributed by atoms with E-state index in [2.05, 4.69) is 5.32 Å². The summed E-state index contributed by atoms with van der Waals surface area (Å²) in [4.78, 5) is 24.0. The van der Waals surface area contributed by atoms with Gasteiger partial charge in [0.25, 0.3) is 0 Å². The Kier molecular flexibility index (Phi) is 8.49. The smallest absolute Gasteiger partial charge is 0.338 e. The summed E-state index contributed by atoms with van der Waals surface area (Å²) in [6, 6.07) is 19.3. The standard InChI is InChI=1S/C26H24ClNO5/c1-3-32-26(30)20-8-12-22(13-9-20)28-25(29)15-7-18-6-14-23(24(16-18)31-2)33-17-19-4-10-21(27)11-5-19/h4-16H,3,17H2,1-2H3,(H,28,29). The molecular weight excluding hydrogens is 442 g/mol. The molecule has 0 saturated heterocycles. The average molecular weight is 466 g/mol. The maximum atomic E-state index is 12.3. The van der Waals surface area contributed by atoms with Gasteiger partial charge in [0.1, 0.15) is 6.61 Å². The Labute approximate surface area is 197 Å². The Morgan fingerprint density at radius 3 is 2.36 bits per heavy atom. The van der Waals surface area contributed by atoms with Crippen LogP contribution in [0.4, 0.5) is 5.69 Å². The van der Waals surface area contributed by atoms with Crippen LogP contribution in [0.5, 0.6) is 11.5 Å². The number of benzene rings is 3. The third-order valence-electron chi connectivity index (χ3n) is 4.59. The number of amides is 1. The molecule has 0 aromatic heterocycles. The number of anilines is 1. The number of esters is 1. The van der Waals surface area contributed by atoms with E-state index >= 15 is 0 Å². The average Bonchev–Trinajstić information content (AvgIpc) is 2.83. The summed E-state index contributed by atoms with van der Waals surface area (Å²) in [6.07, 6.45) is 3.09. The monoisotopic (exact) mass is 465 g/mol. The van der Waals surface area contributed by atoms with E-state index in [-0.39, 0.29) is 5.91 Å². The van der Waals surface area contributed by atoms with Crippen molar-refractivity contribution in [3.05, 3.63) is 94.5 Å². The summed E-state index contributed by atoms with van der Waals surface area (Å²) in [5.74, 6) is 0.447. The molecule has 0 aliphatic rings. The molecule has 0 unspecified atom stereocenters. The Balaban J connectivity index is 1.59. The van der Waals surface area contributed by atoms with E-state index in [4.69, 9.17) is 25.8 Å². The number of ether oxygens (including phenoxy) is 3. The normalized spacial score (nSPS) is 10.6. The molecule has 0 heterocycles. The second-order valence-corrected chi connectivity index (χ2v) is 7.38. The van der Waals surface area contributed by atoms with E-state index in [9.17, 15) is 9.59 Å². The maximum absolute atomic E-state index is 12.3. The van der Waals surface area contributed by atoms with E-state index in [1.165, 1.54) is 6.08 Å². The molecule has 3 rings (SSSR count). The van der Waals surface area contributed by atoms with Gasteiger partial charge in [0.15, 0.2) is 11.5 Å². The lowest BCUT2D eigenvalue weighted by Gasteiger charge is -2.11. The van der Waals surface area contributed by atoms with Crippen LogP contribution >= 0.6 is 11.6 Å². The number of hydrogen-bond acceptors (Lipinski definition) is 5. The Morgan fingerprint density at radius 2 is 1.70 bits per heavy atom. The van der Waals surface area contributed by atoms with Crippen molar-refractivity contribution in [3.63, 3.8) is 0 Å². The molecule has 1 amide bonds. The maximum Gasteiger partial charge on any atom is 0.338 e. The molecule has 0 bridgehead atoms. The van der Waals surface area contributed by atoms with Gasteiger partial charge >= 0.3 is 5.97 Å². The fourth-order valence-electron chi connectivity index (χ4n) is 2.91. The molecule has 0 aliphatic heterocycles. The van der Waals surface area contributed by atoms with Crippen molar-refractivity contribution >= 4 is 35.2 Å². The van der Waals surface area contributed by atoms with Gasteiger partial charge in [-0.05, 0) is 72.7 Å². The second kappa shape index (κ2) is 11.7. The molecule has 3 aromatic carbocycles. The van der Waals surface area contributed by atoms with Crippen molar-refractivity contribution in [3.8, 4) is 11.5 Å². The van der Waals surface area contributed by atoms with Crippen LogP contribution in [0.2, 0.25) is 5.02 Å². The molecule has 3 aromatic rings. The minimum absolute atomic E-state index is 0.305. The minimum Gasteiger partial charge on any atom is -0.493 e. The van der Waals surface area contributed by atoms with Crippen molar-refractivity contribution in [2.75, 3.05) is 19.0 Å². The first kappa shape index (κ1) is 23.9. The first-order chi connectivity index (χ1) is 16.0. The molecule has 1 N–H and O–H groups in total. The number of carbonyl (C=O) groups is 2. The lowest BCUT2D eigenvalue weighted by molar-refractivity contribution is -0.111. The second-order valence-electron chi connectivity index (χ2n) is 6.95. The van der Waals surface area contributed by atoms with E-state index < -0.39 is 5.97 Å². The first-order valence-electron chi connectivity index (χ1n) is 10.3. The number of rotatable bonds is 9. The number of carbonyl (C=O) groups excluding carboxylic acids is 2. The van der Waals surface area contributed by atoms with Crippen LogP contribution in [-0.4, -0.2) is 25.6 Å². The quantitative estimate of drug-likeness (QED) is 0.321. The molecule has 170 valence electrons. The lowest BCUT2D eigenvalue weighted by atomic mass is 10.1. The summed E-state index contributed by atoms with van der Waals surface area (Å²) < 4.78 is 16.2. The van der Waals surface area contributed by atoms with Crippen LogP contribution in [0, 0.1) is 0 Å². The minimum atomic E-state index is -0.398. The summed E-state index contributed by atoms with van der Waals surface area (Å²) >= 11 is 5.91. The Bertz CT molecular complexity index is 1120. The zero-order chi connectivity index (χ0) is 23.6. The summed E-state index contributed by atoms with van der Waals surface area (Å²) in [5, 5.41) is 3.42. The Hall–Kier alpha value is -3.77. The van der Waals surface area contributed by atoms with Crippen LogP contribution in [0.3, 0.4) is 0 Å². The molecule has 6 nitrogen and oxygen atoms in total. The Morgan fingerprint density at radius 1 is 0.970 bits per heavy atom.